The fourth-order valence-corrected chi connectivity index (χ4v) is 2.84. The van der Waals surface area contributed by atoms with Crippen LogP contribution in [0.5, 0.6) is 11.5 Å². The molecule has 6 heteroatoms. The number of carbonyl (C=O) groups excluding carboxylic acids is 1. The van der Waals surface area contributed by atoms with Crippen molar-refractivity contribution in [3.05, 3.63) is 48.2 Å². The van der Waals surface area contributed by atoms with Crippen LogP contribution in [0.3, 0.4) is 0 Å². The Bertz CT molecular complexity index is 902. The molecule has 0 aliphatic carbocycles. The maximum Gasteiger partial charge on any atom is 0.226 e. The number of para-hydroxylation sites is 1. The molecular weight excluding hydrogens is 318 g/mol. The minimum Gasteiger partial charge on any atom is -0.493 e. The lowest BCUT2D eigenvalue weighted by Gasteiger charge is -2.11. The second-order valence-corrected chi connectivity index (χ2v) is 5.75. The van der Waals surface area contributed by atoms with Crippen LogP contribution in [-0.4, -0.2) is 29.9 Å². The number of amides is 1. The number of methoxy groups -OCH3 is 2. The molecule has 1 aromatic heterocycles. The first-order valence-corrected chi connectivity index (χ1v) is 8.05. The number of nitrogens with zero attached hydrogens (tertiary/aromatic N) is 2. The number of aryl methyl sites for hydroxylation is 2. The quantitative estimate of drug-likeness (QED) is 0.747. The molecule has 6 nitrogen and oxygen atoms in total. The molecule has 0 atom stereocenters. The molecule has 130 valence electrons. The Morgan fingerprint density at radius 2 is 1.96 bits per heavy atom. The average Bonchev–Trinajstić information content (AvgIpc) is 3.04. The van der Waals surface area contributed by atoms with Crippen LogP contribution in [-0.2, 0) is 11.3 Å². The van der Waals surface area contributed by atoms with Gasteiger partial charge in [-0.3, -0.25) is 9.48 Å². The number of hydrogen-bond acceptors (Lipinski definition) is 4. The number of hydrogen-bond donors (Lipinski definition) is 1. The molecule has 1 heterocycles. The van der Waals surface area contributed by atoms with Crippen LogP contribution in [0.1, 0.15) is 12.0 Å². The highest BCUT2D eigenvalue weighted by molar-refractivity contribution is 5.91. The number of fused-ring (bicyclic) bond motifs is 1. The molecule has 0 saturated carbocycles. The summed E-state index contributed by atoms with van der Waals surface area (Å²) in [6, 6.07) is 11.4. The monoisotopic (exact) mass is 339 g/mol. The molecule has 1 N–H and O–H groups in total. The van der Waals surface area contributed by atoms with Crippen molar-refractivity contribution in [2.45, 2.75) is 19.9 Å². The van der Waals surface area contributed by atoms with E-state index in [1.165, 1.54) is 0 Å². The van der Waals surface area contributed by atoms with Gasteiger partial charge in [0, 0.05) is 23.6 Å². The van der Waals surface area contributed by atoms with E-state index in [9.17, 15) is 4.79 Å². The number of aromatic nitrogens is 2. The highest BCUT2D eigenvalue weighted by Crippen LogP contribution is 2.29. The summed E-state index contributed by atoms with van der Waals surface area (Å²) < 4.78 is 12.3. The smallest absolute Gasteiger partial charge is 0.226 e. The molecule has 0 aliphatic heterocycles. The Balaban J connectivity index is 1.67. The molecule has 0 radical (unpaired) electrons. The third-order valence-corrected chi connectivity index (χ3v) is 4.08. The summed E-state index contributed by atoms with van der Waals surface area (Å²) in [6.07, 6.45) is 2.16. The van der Waals surface area contributed by atoms with E-state index >= 15 is 0 Å². The molecule has 1 amide bonds. The fraction of sp³-hybridized carbons (Fsp3) is 0.263. The van der Waals surface area contributed by atoms with Crippen LogP contribution in [0.4, 0.5) is 5.69 Å². The molecule has 0 fully saturated rings. The first-order chi connectivity index (χ1) is 12.1. The van der Waals surface area contributed by atoms with Gasteiger partial charge >= 0.3 is 0 Å². The zero-order valence-electron chi connectivity index (χ0n) is 14.6. The molecule has 3 rings (SSSR count). The van der Waals surface area contributed by atoms with Crippen molar-refractivity contribution in [1.82, 2.24) is 9.78 Å². The summed E-state index contributed by atoms with van der Waals surface area (Å²) in [5.74, 6) is 1.12. The molecule has 0 unspecified atom stereocenters. The lowest BCUT2D eigenvalue weighted by atomic mass is 10.2. The highest BCUT2D eigenvalue weighted by Gasteiger charge is 2.10. The lowest BCUT2D eigenvalue weighted by molar-refractivity contribution is -0.116. The highest BCUT2D eigenvalue weighted by atomic mass is 16.5. The van der Waals surface area contributed by atoms with Crippen molar-refractivity contribution in [3.8, 4) is 11.5 Å². The van der Waals surface area contributed by atoms with Gasteiger partial charge in [0.25, 0.3) is 0 Å². The molecule has 0 saturated heterocycles. The molecule has 0 aliphatic rings. The second kappa shape index (κ2) is 7.25. The Morgan fingerprint density at radius 1 is 1.16 bits per heavy atom. The van der Waals surface area contributed by atoms with E-state index in [1.807, 2.05) is 36.0 Å². The molecule has 0 spiro atoms. The Hall–Kier alpha value is -3.02. The van der Waals surface area contributed by atoms with Crippen LogP contribution in [0, 0.1) is 6.92 Å². The van der Waals surface area contributed by atoms with E-state index in [0.29, 0.717) is 30.2 Å². The van der Waals surface area contributed by atoms with Crippen LogP contribution < -0.4 is 14.8 Å². The third kappa shape index (κ3) is 3.57. The van der Waals surface area contributed by atoms with Gasteiger partial charge in [-0.1, -0.05) is 18.2 Å². The van der Waals surface area contributed by atoms with Crippen molar-refractivity contribution in [2.75, 3.05) is 19.5 Å². The number of ether oxygens (including phenoxy) is 2. The maximum absolute atomic E-state index is 12.3. The molecular formula is C19H21N3O3. The van der Waals surface area contributed by atoms with E-state index < -0.39 is 0 Å². The van der Waals surface area contributed by atoms with Gasteiger partial charge in [-0.05, 0) is 24.6 Å². The molecule has 2 aromatic carbocycles. The summed E-state index contributed by atoms with van der Waals surface area (Å²) >= 11 is 0. The number of carbonyl (C=O) groups is 1. The van der Waals surface area contributed by atoms with Crippen molar-refractivity contribution in [1.29, 1.82) is 0 Å². The number of nitrogens with one attached hydrogen (secondary N) is 1. The second-order valence-electron chi connectivity index (χ2n) is 5.75. The maximum atomic E-state index is 12.3. The van der Waals surface area contributed by atoms with Gasteiger partial charge in [-0.25, -0.2) is 0 Å². The van der Waals surface area contributed by atoms with E-state index in [0.717, 1.165) is 16.5 Å². The van der Waals surface area contributed by atoms with E-state index in [1.54, 1.807) is 32.4 Å². The number of rotatable bonds is 6. The zero-order chi connectivity index (χ0) is 17.8. The first-order valence-electron chi connectivity index (χ1n) is 8.05. The van der Waals surface area contributed by atoms with Crippen molar-refractivity contribution in [2.24, 2.45) is 0 Å². The fourth-order valence-electron chi connectivity index (χ4n) is 2.84. The topological polar surface area (TPSA) is 65.4 Å². The Kier molecular flexibility index (Phi) is 4.88. The number of anilines is 1. The lowest BCUT2D eigenvalue weighted by Crippen LogP contribution is -2.15. The SMILES string of the molecule is COc1ccc(NC(=O)CCn2ncc3cccc(C)c32)cc1OC. The Morgan fingerprint density at radius 3 is 2.72 bits per heavy atom. The average molecular weight is 339 g/mol. The van der Waals surface area contributed by atoms with Crippen molar-refractivity contribution >= 4 is 22.5 Å². The van der Waals surface area contributed by atoms with Gasteiger partial charge in [0.05, 0.1) is 32.5 Å². The van der Waals surface area contributed by atoms with Crippen LogP contribution in [0.2, 0.25) is 0 Å². The van der Waals surface area contributed by atoms with Crippen molar-refractivity contribution < 1.29 is 14.3 Å². The first kappa shape index (κ1) is 16.8. The van der Waals surface area contributed by atoms with Gasteiger partial charge in [0.2, 0.25) is 5.91 Å². The minimum absolute atomic E-state index is 0.0792. The standard InChI is InChI=1S/C19H21N3O3/c1-13-5-4-6-14-12-20-22(19(13)14)10-9-18(23)21-15-7-8-16(24-2)17(11-15)25-3/h4-8,11-12H,9-10H2,1-3H3,(H,21,23). The molecule has 0 bridgehead atoms. The largest absolute Gasteiger partial charge is 0.493 e. The van der Waals surface area contributed by atoms with Crippen LogP contribution >= 0.6 is 0 Å². The summed E-state index contributed by atoms with van der Waals surface area (Å²) in [5.41, 5.74) is 2.89. The molecule has 25 heavy (non-hydrogen) atoms. The number of benzene rings is 2. The van der Waals surface area contributed by atoms with Gasteiger partial charge < -0.3 is 14.8 Å². The summed E-state index contributed by atoms with van der Waals surface area (Å²) in [4.78, 5) is 12.3. The van der Waals surface area contributed by atoms with E-state index in [2.05, 4.69) is 10.4 Å². The third-order valence-electron chi connectivity index (χ3n) is 4.08. The van der Waals surface area contributed by atoms with Gasteiger partial charge in [0.15, 0.2) is 11.5 Å². The summed E-state index contributed by atoms with van der Waals surface area (Å²) in [6.45, 7) is 2.57. The van der Waals surface area contributed by atoms with Crippen LogP contribution in [0.25, 0.3) is 10.9 Å². The normalized spacial score (nSPS) is 10.7. The minimum atomic E-state index is -0.0792. The van der Waals surface area contributed by atoms with E-state index in [-0.39, 0.29) is 5.91 Å². The predicted molar refractivity (Wildman–Crippen MR) is 97.3 cm³/mol. The summed E-state index contributed by atoms with van der Waals surface area (Å²) in [7, 11) is 3.14. The zero-order valence-corrected chi connectivity index (χ0v) is 14.6. The van der Waals surface area contributed by atoms with Crippen molar-refractivity contribution in [3.63, 3.8) is 0 Å². The Labute approximate surface area is 146 Å². The molecule has 3 aromatic rings. The van der Waals surface area contributed by atoms with Gasteiger partial charge in [-0.2, -0.15) is 5.10 Å². The van der Waals surface area contributed by atoms with Gasteiger partial charge in [0.1, 0.15) is 0 Å². The van der Waals surface area contributed by atoms with E-state index in [4.69, 9.17) is 9.47 Å². The predicted octanol–water partition coefficient (Wildman–Crippen LogP) is 3.39. The van der Waals surface area contributed by atoms with Gasteiger partial charge in [-0.15, -0.1) is 0 Å². The summed E-state index contributed by atoms with van der Waals surface area (Å²) in [5, 5.41) is 8.35. The van der Waals surface area contributed by atoms with Crippen LogP contribution in [0.15, 0.2) is 42.6 Å².